The van der Waals surface area contributed by atoms with Gasteiger partial charge in [-0.05, 0) is 11.6 Å². The third-order valence-electron chi connectivity index (χ3n) is 1.95. The molecule has 0 saturated carbocycles. The molecule has 0 atom stereocenters. The minimum atomic E-state index is -5.40. The van der Waals surface area contributed by atoms with E-state index < -0.39 is 40.2 Å². The van der Waals surface area contributed by atoms with Crippen LogP contribution >= 0.6 is 15.9 Å². The van der Waals surface area contributed by atoms with E-state index in [1.54, 1.807) is 0 Å². The van der Waals surface area contributed by atoms with Crippen LogP contribution in [-0.4, -0.2) is 0 Å². The lowest BCUT2D eigenvalue weighted by Gasteiger charge is -2.18. The van der Waals surface area contributed by atoms with E-state index in [-0.39, 0.29) is 0 Å². The second kappa shape index (κ2) is 4.47. The molecule has 0 radical (unpaired) electrons. The van der Waals surface area contributed by atoms with Crippen LogP contribution in [-0.2, 0) is 17.7 Å². The second-order valence-electron chi connectivity index (χ2n) is 3.09. The fourth-order valence-corrected chi connectivity index (χ4v) is 1.80. The minimum absolute atomic E-state index is 0.370. The fraction of sp³-hybridized carbons (Fsp3) is 0.333. The Morgan fingerprint density at radius 2 is 1.35 bits per heavy atom. The van der Waals surface area contributed by atoms with Crippen molar-refractivity contribution in [1.29, 1.82) is 0 Å². The Hall–Kier alpha value is -0.790. The predicted molar refractivity (Wildman–Crippen MR) is 49.0 cm³/mol. The van der Waals surface area contributed by atoms with Gasteiger partial charge < -0.3 is 0 Å². The Morgan fingerprint density at radius 1 is 0.882 bits per heavy atom. The van der Waals surface area contributed by atoms with Gasteiger partial charge in [-0.3, -0.25) is 0 Å². The molecule has 96 valence electrons. The average Bonchev–Trinajstić information content (AvgIpc) is 2.13. The lowest BCUT2D eigenvalue weighted by atomic mass is 10.0. The number of alkyl halides is 7. The molecule has 0 aliphatic rings. The monoisotopic (exact) mass is 324 g/mol. The number of rotatable bonds is 1. The molecule has 0 heterocycles. The van der Waals surface area contributed by atoms with Gasteiger partial charge in [0, 0.05) is 5.33 Å². The van der Waals surface area contributed by atoms with Crippen LogP contribution in [0.3, 0.4) is 0 Å². The van der Waals surface area contributed by atoms with E-state index in [9.17, 15) is 30.7 Å². The first-order valence-electron chi connectivity index (χ1n) is 4.10. The summed E-state index contributed by atoms with van der Waals surface area (Å²) in [5.41, 5.74) is -4.92. The van der Waals surface area contributed by atoms with Crippen LogP contribution in [0.15, 0.2) is 12.1 Å². The SMILES string of the molecule is Fc1ccc(CBr)c(C(F)(F)F)c1C(F)(F)F. The fourth-order valence-electron chi connectivity index (χ4n) is 1.33. The van der Waals surface area contributed by atoms with Crippen molar-refractivity contribution in [3.05, 3.63) is 34.6 Å². The Bertz CT molecular complexity index is 419. The van der Waals surface area contributed by atoms with Crippen molar-refractivity contribution in [3.63, 3.8) is 0 Å². The highest BCUT2D eigenvalue weighted by atomic mass is 79.9. The Labute approximate surface area is 99.6 Å². The third-order valence-corrected chi connectivity index (χ3v) is 2.56. The van der Waals surface area contributed by atoms with E-state index in [2.05, 4.69) is 15.9 Å². The zero-order chi connectivity index (χ0) is 13.4. The normalized spacial score (nSPS) is 12.9. The molecule has 0 unspecified atom stereocenters. The zero-order valence-electron chi connectivity index (χ0n) is 7.89. The van der Waals surface area contributed by atoms with E-state index in [1.807, 2.05) is 0 Å². The van der Waals surface area contributed by atoms with Gasteiger partial charge in [0.2, 0.25) is 0 Å². The standard InChI is InChI=1S/C9H4BrF7/c10-3-4-1-2-5(11)7(9(15,16)17)6(4)8(12,13)14/h1-2H,3H2. The molecule has 0 aliphatic carbocycles. The topological polar surface area (TPSA) is 0 Å². The maximum absolute atomic E-state index is 13.0. The molecular formula is C9H4BrF7. The van der Waals surface area contributed by atoms with E-state index >= 15 is 0 Å². The van der Waals surface area contributed by atoms with Crippen molar-refractivity contribution in [3.8, 4) is 0 Å². The summed E-state index contributed by atoms with van der Waals surface area (Å²) >= 11 is 2.64. The quantitative estimate of drug-likeness (QED) is 0.516. The third kappa shape index (κ3) is 2.91. The summed E-state index contributed by atoms with van der Waals surface area (Å²) < 4.78 is 87.7. The molecule has 0 aliphatic heterocycles. The van der Waals surface area contributed by atoms with Gasteiger partial charge in [0.15, 0.2) is 0 Å². The van der Waals surface area contributed by atoms with Gasteiger partial charge in [-0.1, -0.05) is 22.0 Å². The van der Waals surface area contributed by atoms with Crippen LogP contribution in [0, 0.1) is 5.82 Å². The zero-order valence-corrected chi connectivity index (χ0v) is 9.47. The van der Waals surface area contributed by atoms with E-state index in [0.29, 0.717) is 12.1 Å². The van der Waals surface area contributed by atoms with Crippen LogP contribution in [0.25, 0.3) is 0 Å². The summed E-state index contributed by atoms with van der Waals surface area (Å²) in [7, 11) is 0. The summed E-state index contributed by atoms with van der Waals surface area (Å²) in [6, 6.07) is 1.04. The molecule has 0 bridgehead atoms. The van der Waals surface area contributed by atoms with Crippen molar-refractivity contribution < 1.29 is 30.7 Å². The molecule has 8 heteroatoms. The second-order valence-corrected chi connectivity index (χ2v) is 3.65. The summed E-state index contributed by atoms with van der Waals surface area (Å²) in [5, 5.41) is -0.453. The van der Waals surface area contributed by atoms with Crippen LogP contribution in [0.4, 0.5) is 30.7 Å². The number of hydrogen-bond donors (Lipinski definition) is 0. The maximum Gasteiger partial charge on any atom is 0.419 e. The van der Waals surface area contributed by atoms with Crippen LogP contribution < -0.4 is 0 Å². The lowest BCUT2D eigenvalue weighted by molar-refractivity contribution is -0.164. The summed E-state index contributed by atoms with van der Waals surface area (Å²) in [4.78, 5) is 0. The molecule has 0 amide bonds. The Morgan fingerprint density at radius 3 is 1.71 bits per heavy atom. The highest BCUT2D eigenvalue weighted by molar-refractivity contribution is 9.08. The number of halogens is 8. The molecule has 0 aromatic heterocycles. The molecule has 1 aromatic carbocycles. The van der Waals surface area contributed by atoms with Gasteiger partial charge in [-0.25, -0.2) is 4.39 Å². The van der Waals surface area contributed by atoms with Crippen molar-refractivity contribution >= 4 is 15.9 Å². The lowest BCUT2D eigenvalue weighted by Crippen LogP contribution is -2.20. The smallest absolute Gasteiger partial charge is 0.206 e. The highest BCUT2D eigenvalue weighted by Crippen LogP contribution is 2.43. The van der Waals surface area contributed by atoms with Crippen molar-refractivity contribution in [2.24, 2.45) is 0 Å². The van der Waals surface area contributed by atoms with Crippen LogP contribution in [0.5, 0.6) is 0 Å². The molecule has 0 spiro atoms. The van der Waals surface area contributed by atoms with Crippen LogP contribution in [0.2, 0.25) is 0 Å². The average molecular weight is 325 g/mol. The highest BCUT2D eigenvalue weighted by Gasteiger charge is 2.46. The van der Waals surface area contributed by atoms with Gasteiger partial charge in [0.05, 0.1) is 5.56 Å². The van der Waals surface area contributed by atoms with Crippen molar-refractivity contribution in [1.82, 2.24) is 0 Å². The number of hydrogen-bond acceptors (Lipinski definition) is 0. The molecule has 0 fully saturated rings. The molecule has 1 aromatic rings. The predicted octanol–water partition coefficient (Wildman–Crippen LogP) is 4.76. The summed E-state index contributed by atoms with van der Waals surface area (Å²) in [6.45, 7) is 0. The van der Waals surface area contributed by atoms with E-state index in [4.69, 9.17) is 0 Å². The summed E-state index contributed by atoms with van der Waals surface area (Å²) in [6.07, 6.45) is -10.7. The Kier molecular flexibility index (Phi) is 3.75. The minimum Gasteiger partial charge on any atom is -0.206 e. The first-order valence-corrected chi connectivity index (χ1v) is 5.23. The maximum atomic E-state index is 13.0. The van der Waals surface area contributed by atoms with E-state index in [1.165, 1.54) is 0 Å². The van der Waals surface area contributed by atoms with Gasteiger partial charge in [-0.15, -0.1) is 0 Å². The van der Waals surface area contributed by atoms with Gasteiger partial charge in [-0.2, -0.15) is 26.3 Å². The first-order chi connectivity index (χ1) is 7.59. The molecule has 0 nitrogen and oxygen atoms in total. The molecule has 0 saturated heterocycles. The molecule has 17 heavy (non-hydrogen) atoms. The van der Waals surface area contributed by atoms with Gasteiger partial charge >= 0.3 is 12.4 Å². The first kappa shape index (κ1) is 14.3. The van der Waals surface area contributed by atoms with Crippen molar-refractivity contribution in [2.75, 3.05) is 0 Å². The Balaban J connectivity index is 3.67. The number of benzene rings is 1. The summed E-state index contributed by atoms with van der Waals surface area (Å²) in [5.74, 6) is -1.94. The van der Waals surface area contributed by atoms with E-state index in [0.717, 1.165) is 0 Å². The molecular weight excluding hydrogens is 321 g/mol. The van der Waals surface area contributed by atoms with Gasteiger partial charge in [0.25, 0.3) is 0 Å². The van der Waals surface area contributed by atoms with Crippen LogP contribution in [0.1, 0.15) is 16.7 Å². The molecule has 1 rings (SSSR count). The largest absolute Gasteiger partial charge is 0.419 e. The van der Waals surface area contributed by atoms with Gasteiger partial charge in [0.1, 0.15) is 11.4 Å². The molecule has 0 N–H and O–H groups in total. The van der Waals surface area contributed by atoms with Crippen molar-refractivity contribution in [2.45, 2.75) is 17.7 Å².